The number of halogens is 4. The van der Waals surface area contributed by atoms with Crippen molar-refractivity contribution in [2.45, 2.75) is 12.6 Å². The Morgan fingerprint density at radius 2 is 1.67 bits per heavy atom. The number of alkyl halides is 4. The molecule has 270 valence electrons. The van der Waals surface area contributed by atoms with Gasteiger partial charge < -0.3 is 40.0 Å². The minimum Gasteiger partial charge on any atom is -0.494 e. The monoisotopic (exact) mass is 732 g/mol. The normalized spacial score (nSPS) is 11.7. The molecular formula is C30H40ClF3N8O6S. The Hall–Kier alpha value is -4.26. The maximum atomic E-state index is 14.2. The summed E-state index contributed by atoms with van der Waals surface area (Å²) in [5.74, 6) is -0.304. The minimum atomic E-state index is -4.83. The van der Waals surface area contributed by atoms with E-state index in [2.05, 4.69) is 30.6 Å². The van der Waals surface area contributed by atoms with E-state index < -0.39 is 27.6 Å². The third-order valence-electron chi connectivity index (χ3n) is 6.71. The first-order valence-electron chi connectivity index (χ1n) is 14.7. The maximum absolute atomic E-state index is 14.2. The molecule has 0 radical (unpaired) electrons. The van der Waals surface area contributed by atoms with Crippen molar-refractivity contribution >= 4 is 62.0 Å². The Morgan fingerprint density at radius 1 is 0.980 bits per heavy atom. The summed E-state index contributed by atoms with van der Waals surface area (Å²) in [6, 6.07) is 7.67. The minimum absolute atomic E-state index is 0.0211. The predicted molar refractivity (Wildman–Crippen MR) is 184 cm³/mol. The van der Waals surface area contributed by atoms with Crippen LogP contribution in [0, 0.1) is 0 Å². The van der Waals surface area contributed by atoms with Crippen LogP contribution in [0.15, 0.2) is 36.5 Å². The number of hydrogen-bond acceptors (Lipinski definition) is 12. The first kappa shape index (κ1) is 39.2. The molecule has 1 aromatic heterocycles. The van der Waals surface area contributed by atoms with Gasteiger partial charge in [0.15, 0.2) is 0 Å². The molecule has 0 saturated carbocycles. The van der Waals surface area contributed by atoms with Crippen LogP contribution in [0.3, 0.4) is 0 Å². The Kier molecular flexibility index (Phi) is 13.9. The highest BCUT2D eigenvalue weighted by Gasteiger charge is 2.36. The van der Waals surface area contributed by atoms with Crippen LogP contribution >= 0.6 is 11.6 Å². The molecule has 1 heterocycles. The lowest BCUT2D eigenvalue weighted by atomic mass is 10.1. The maximum Gasteiger partial charge on any atom is 0.421 e. The molecule has 0 unspecified atom stereocenters. The van der Waals surface area contributed by atoms with Crippen LogP contribution in [0.5, 0.6) is 17.2 Å². The summed E-state index contributed by atoms with van der Waals surface area (Å²) in [5.41, 5.74) is 0.132. The molecule has 0 aliphatic rings. The lowest BCUT2D eigenvalue weighted by Gasteiger charge is -2.26. The Bertz CT molecular complexity index is 1700. The summed E-state index contributed by atoms with van der Waals surface area (Å²) in [5, 5.41) is 8.37. The Morgan fingerprint density at radius 3 is 2.29 bits per heavy atom. The van der Waals surface area contributed by atoms with Gasteiger partial charge in [0.2, 0.25) is 21.9 Å². The number of hydrogen-bond donors (Lipinski definition) is 4. The topological polar surface area (TPSA) is 159 Å². The summed E-state index contributed by atoms with van der Waals surface area (Å²) >= 11 is 5.76. The molecule has 4 N–H and O–H groups in total. The second kappa shape index (κ2) is 17.4. The van der Waals surface area contributed by atoms with Crippen molar-refractivity contribution in [2.24, 2.45) is 0 Å². The zero-order chi connectivity index (χ0) is 36.4. The molecule has 0 atom stereocenters. The molecule has 0 spiro atoms. The molecule has 0 saturated heterocycles. The van der Waals surface area contributed by atoms with Crippen LogP contribution in [0.1, 0.15) is 12.0 Å². The fourth-order valence-electron chi connectivity index (χ4n) is 4.27. The molecule has 0 aliphatic heterocycles. The molecule has 0 bridgehead atoms. The van der Waals surface area contributed by atoms with Crippen molar-refractivity contribution in [3.63, 3.8) is 0 Å². The number of aromatic nitrogens is 2. The van der Waals surface area contributed by atoms with Crippen LogP contribution < -0.4 is 39.8 Å². The number of sulfonamides is 1. The smallest absolute Gasteiger partial charge is 0.421 e. The summed E-state index contributed by atoms with van der Waals surface area (Å²) in [6.45, 7) is 1.33. The molecule has 19 heteroatoms. The van der Waals surface area contributed by atoms with E-state index in [1.165, 1.54) is 32.4 Å². The average molecular weight is 733 g/mol. The predicted octanol–water partition coefficient (Wildman–Crippen LogP) is 4.49. The first-order chi connectivity index (χ1) is 23.0. The average Bonchev–Trinajstić information content (AvgIpc) is 3.01. The van der Waals surface area contributed by atoms with Gasteiger partial charge in [0.1, 0.15) is 35.2 Å². The third-order valence-corrected chi connectivity index (χ3v) is 7.63. The van der Waals surface area contributed by atoms with Gasteiger partial charge in [0, 0.05) is 57.3 Å². The van der Waals surface area contributed by atoms with Gasteiger partial charge in [0.05, 0.1) is 43.2 Å². The van der Waals surface area contributed by atoms with Crippen LogP contribution in [-0.2, 0) is 21.0 Å². The number of likely N-dealkylation sites (N-methyl/N-ethyl adjacent to an activating group) is 2. The number of ether oxygens (including phenoxy) is 3. The van der Waals surface area contributed by atoms with E-state index in [-0.39, 0.29) is 54.5 Å². The van der Waals surface area contributed by atoms with Crippen LogP contribution in [0.2, 0.25) is 0 Å². The van der Waals surface area contributed by atoms with Crippen molar-refractivity contribution in [1.29, 1.82) is 0 Å². The van der Waals surface area contributed by atoms with Gasteiger partial charge in [-0.3, -0.25) is 4.79 Å². The van der Waals surface area contributed by atoms with Gasteiger partial charge in [0.25, 0.3) is 0 Å². The first-order valence-corrected chi connectivity index (χ1v) is 17.1. The third kappa shape index (κ3) is 12.0. The molecule has 0 aliphatic carbocycles. The molecule has 2 aromatic carbocycles. The molecule has 49 heavy (non-hydrogen) atoms. The molecule has 3 rings (SSSR count). The number of methoxy groups -OCH3 is 2. The van der Waals surface area contributed by atoms with Gasteiger partial charge in [-0.15, -0.1) is 11.6 Å². The van der Waals surface area contributed by atoms with Crippen molar-refractivity contribution in [2.75, 3.05) is 94.6 Å². The van der Waals surface area contributed by atoms with Gasteiger partial charge in [-0.25, -0.2) is 18.1 Å². The number of carbonyl (C=O) groups excluding carboxylic acids is 1. The standard InChI is InChI=1S/C30H40ClF3N8O6S/c1-41(2)12-13-42(3)24-17-26(47-5)23(16-22(24)37-27(43)9-10-31)38-28-20(30(32,33)34)18-35-29(40-28)39-21-8-7-19(15-25(21)46-4)48-14-11-36-49(6,44)45/h7-8,15-18,36H,9-14H2,1-6H3,(H,37,43)(H2,35,38,39,40). The van der Waals surface area contributed by atoms with Crippen molar-refractivity contribution in [3.8, 4) is 17.2 Å². The van der Waals surface area contributed by atoms with Gasteiger partial charge in [-0.2, -0.15) is 18.2 Å². The Labute approximate surface area is 288 Å². The fourth-order valence-corrected chi connectivity index (χ4v) is 4.90. The van der Waals surface area contributed by atoms with E-state index in [1.54, 1.807) is 12.1 Å². The number of anilines is 6. The second-order valence-electron chi connectivity index (χ2n) is 10.9. The molecule has 14 nitrogen and oxygen atoms in total. The highest BCUT2D eigenvalue weighted by atomic mass is 35.5. The highest BCUT2D eigenvalue weighted by Crippen LogP contribution is 2.41. The number of nitrogens with one attached hydrogen (secondary N) is 4. The van der Waals surface area contributed by atoms with Crippen molar-refractivity contribution < 1.29 is 40.6 Å². The van der Waals surface area contributed by atoms with Gasteiger partial charge in [-0.05, 0) is 32.3 Å². The zero-order valence-electron chi connectivity index (χ0n) is 27.9. The van der Waals surface area contributed by atoms with Crippen LogP contribution in [-0.4, -0.2) is 103 Å². The number of nitrogens with zero attached hydrogens (tertiary/aromatic N) is 4. The molecular weight excluding hydrogens is 693 g/mol. The molecule has 0 fully saturated rings. The van der Waals surface area contributed by atoms with E-state index in [0.29, 0.717) is 42.1 Å². The fraction of sp³-hybridized carbons (Fsp3) is 0.433. The summed E-state index contributed by atoms with van der Waals surface area (Å²) < 4.78 is 83.9. The molecule has 1 amide bonds. The number of rotatable bonds is 18. The SMILES string of the molecule is COc1cc(OCCNS(C)(=O)=O)ccc1Nc1ncc(C(F)(F)F)c(Nc2cc(NC(=O)CCCl)c(N(C)CCN(C)C)cc2OC)n1. The van der Waals surface area contributed by atoms with E-state index >= 15 is 0 Å². The molecule has 3 aromatic rings. The van der Waals surface area contributed by atoms with E-state index in [0.717, 1.165) is 6.26 Å². The van der Waals surface area contributed by atoms with Crippen LogP contribution in [0.4, 0.5) is 47.7 Å². The highest BCUT2D eigenvalue weighted by molar-refractivity contribution is 7.88. The van der Waals surface area contributed by atoms with E-state index in [9.17, 15) is 26.4 Å². The summed E-state index contributed by atoms with van der Waals surface area (Å²) in [7, 11) is 5.02. The van der Waals surface area contributed by atoms with Crippen molar-refractivity contribution in [1.82, 2.24) is 19.6 Å². The number of benzene rings is 2. The summed E-state index contributed by atoms with van der Waals surface area (Å²) in [4.78, 5) is 24.4. The van der Waals surface area contributed by atoms with E-state index in [1.807, 2.05) is 30.9 Å². The largest absolute Gasteiger partial charge is 0.494 e. The number of carbonyl (C=O) groups is 1. The van der Waals surface area contributed by atoms with E-state index in [4.69, 9.17) is 25.8 Å². The zero-order valence-corrected chi connectivity index (χ0v) is 29.4. The van der Waals surface area contributed by atoms with Gasteiger partial charge >= 0.3 is 6.18 Å². The van der Waals surface area contributed by atoms with Gasteiger partial charge in [-0.1, -0.05) is 0 Å². The second-order valence-corrected chi connectivity index (χ2v) is 13.1. The summed E-state index contributed by atoms with van der Waals surface area (Å²) in [6.07, 6.45) is -3.15. The number of amides is 1. The lowest BCUT2D eigenvalue weighted by Crippen LogP contribution is -2.29. The lowest BCUT2D eigenvalue weighted by molar-refractivity contribution is -0.137. The quantitative estimate of drug-likeness (QED) is 0.107. The van der Waals surface area contributed by atoms with Crippen LogP contribution in [0.25, 0.3) is 0 Å². The Balaban J connectivity index is 1.98. The van der Waals surface area contributed by atoms with Crippen molar-refractivity contribution in [3.05, 3.63) is 42.1 Å².